The van der Waals surface area contributed by atoms with Crippen molar-refractivity contribution in [3.05, 3.63) is 53.2 Å². The van der Waals surface area contributed by atoms with E-state index in [9.17, 15) is 0 Å². The average Bonchev–Trinajstić information content (AvgIpc) is 2.65. The maximum Gasteiger partial charge on any atom is 0.191 e. The lowest BCUT2D eigenvalue weighted by Crippen LogP contribution is -2.14. The molecule has 0 aliphatic rings. The van der Waals surface area contributed by atoms with E-state index in [1.54, 1.807) is 0 Å². The number of oxazole rings is 1. The van der Waals surface area contributed by atoms with E-state index in [0.29, 0.717) is 19.0 Å². The van der Waals surface area contributed by atoms with Crippen LogP contribution in [-0.4, -0.2) is 4.98 Å². The van der Waals surface area contributed by atoms with E-state index in [-0.39, 0.29) is 0 Å². The maximum atomic E-state index is 5.36. The molecule has 0 radical (unpaired) electrons. The standard InChI is InChI=1S/C13H16N2O2/c1-10-13(15-11(2)17-10)8-14-16-9-12-6-4-3-5-7-12/h3-7,14H,8-9H2,1-2H3. The van der Waals surface area contributed by atoms with Gasteiger partial charge in [-0.1, -0.05) is 30.3 Å². The Morgan fingerprint density at radius 2 is 2.00 bits per heavy atom. The second kappa shape index (κ2) is 5.61. The average molecular weight is 232 g/mol. The summed E-state index contributed by atoms with van der Waals surface area (Å²) in [4.78, 5) is 9.60. The molecule has 1 aromatic heterocycles. The molecule has 2 aromatic rings. The van der Waals surface area contributed by atoms with Crippen molar-refractivity contribution in [1.82, 2.24) is 10.5 Å². The van der Waals surface area contributed by atoms with E-state index in [1.807, 2.05) is 44.2 Å². The van der Waals surface area contributed by atoms with Gasteiger partial charge in [-0.05, 0) is 12.5 Å². The van der Waals surface area contributed by atoms with Crippen LogP contribution in [0.4, 0.5) is 0 Å². The van der Waals surface area contributed by atoms with E-state index in [2.05, 4.69) is 10.5 Å². The molecule has 0 amide bonds. The Morgan fingerprint density at radius 3 is 2.65 bits per heavy atom. The van der Waals surface area contributed by atoms with Gasteiger partial charge in [0.05, 0.1) is 18.8 Å². The van der Waals surface area contributed by atoms with E-state index in [4.69, 9.17) is 9.25 Å². The number of hydrogen-bond donors (Lipinski definition) is 1. The molecule has 0 fully saturated rings. The first-order chi connectivity index (χ1) is 8.25. The number of hydrogen-bond acceptors (Lipinski definition) is 4. The highest BCUT2D eigenvalue weighted by atomic mass is 16.6. The topological polar surface area (TPSA) is 47.3 Å². The van der Waals surface area contributed by atoms with Crippen molar-refractivity contribution in [3.63, 3.8) is 0 Å². The van der Waals surface area contributed by atoms with Gasteiger partial charge in [-0.15, -0.1) is 0 Å². The summed E-state index contributed by atoms with van der Waals surface area (Å²) in [5.74, 6) is 1.51. The van der Waals surface area contributed by atoms with Gasteiger partial charge in [0.2, 0.25) is 0 Å². The molecule has 0 atom stereocenters. The highest BCUT2D eigenvalue weighted by Crippen LogP contribution is 2.08. The van der Waals surface area contributed by atoms with Gasteiger partial charge in [-0.3, -0.25) is 4.84 Å². The smallest absolute Gasteiger partial charge is 0.191 e. The molecular weight excluding hydrogens is 216 g/mol. The predicted octanol–water partition coefficient (Wildman–Crippen LogP) is 2.51. The minimum atomic E-state index is 0.538. The van der Waals surface area contributed by atoms with Gasteiger partial charge < -0.3 is 4.42 Å². The molecule has 17 heavy (non-hydrogen) atoms. The number of aromatic nitrogens is 1. The molecule has 90 valence electrons. The number of rotatable bonds is 5. The van der Waals surface area contributed by atoms with Crippen LogP contribution in [0.3, 0.4) is 0 Å². The first-order valence-corrected chi connectivity index (χ1v) is 5.57. The van der Waals surface area contributed by atoms with E-state index >= 15 is 0 Å². The van der Waals surface area contributed by atoms with Crippen LogP contribution in [0.25, 0.3) is 0 Å². The van der Waals surface area contributed by atoms with Gasteiger partial charge in [0.1, 0.15) is 5.76 Å². The lowest BCUT2D eigenvalue weighted by atomic mass is 10.2. The van der Waals surface area contributed by atoms with Crippen molar-refractivity contribution < 1.29 is 9.25 Å². The van der Waals surface area contributed by atoms with Crippen molar-refractivity contribution in [2.75, 3.05) is 0 Å². The number of nitrogens with one attached hydrogen (secondary N) is 1. The van der Waals surface area contributed by atoms with Crippen LogP contribution in [0.5, 0.6) is 0 Å². The Morgan fingerprint density at radius 1 is 1.24 bits per heavy atom. The van der Waals surface area contributed by atoms with Crippen LogP contribution >= 0.6 is 0 Å². The lowest BCUT2D eigenvalue weighted by molar-refractivity contribution is 0.0227. The van der Waals surface area contributed by atoms with Gasteiger partial charge >= 0.3 is 0 Å². The predicted molar refractivity (Wildman–Crippen MR) is 64.0 cm³/mol. The third kappa shape index (κ3) is 3.41. The molecule has 4 nitrogen and oxygen atoms in total. The number of hydroxylamine groups is 1. The molecule has 0 saturated heterocycles. The van der Waals surface area contributed by atoms with Gasteiger partial charge in [-0.2, -0.15) is 5.48 Å². The first kappa shape index (κ1) is 11.8. The summed E-state index contributed by atoms with van der Waals surface area (Å²) < 4.78 is 5.32. The maximum absolute atomic E-state index is 5.36. The largest absolute Gasteiger partial charge is 0.446 e. The van der Waals surface area contributed by atoms with Crippen molar-refractivity contribution in [1.29, 1.82) is 0 Å². The molecule has 2 rings (SSSR count). The fourth-order valence-corrected chi connectivity index (χ4v) is 1.56. The van der Waals surface area contributed by atoms with Gasteiger partial charge in [0.25, 0.3) is 0 Å². The Hall–Kier alpha value is -1.65. The summed E-state index contributed by atoms with van der Waals surface area (Å²) in [7, 11) is 0. The minimum Gasteiger partial charge on any atom is -0.446 e. The molecule has 0 aliphatic heterocycles. The molecule has 0 spiro atoms. The Balaban J connectivity index is 1.75. The van der Waals surface area contributed by atoms with Crippen molar-refractivity contribution in [2.24, 2.45) is 0 Å². The highest BCUT2D eigenvalue weighted by Gasteiger charge is 2.05. The van der Waals surface area contributed by atoms with E-state index in [0.717, 1.165) is 17.0 Å². The van der Waals surface area contributed by atoms with Crippen LogP contribution < -0.4 is 5.48 Å². The van der Waals surface area contributed by atoms with Crippen LogP contribution in [0.1, 0.15) is 22.9 Å². The Bertz CT molecular complexity index is 466. The van der Waals surface area contributed by atoms with Crippen LogP contribution in [-0.2, 0) is 18.0 Å². The lowest BCUT2D eigenvalue weighted by Gasteiger charge is -2.04. The molecule has 1 heterocycles. The van der Waals surface area contributed by atoms with Gasteiger partial charge in [0, 0.05) is 6.92 Å². The van der Waals surface area contributed by atoms with Crippen LogP contribution in [0, 0.1) is 13.8 Å². The van der Waals surface area contributed by atoms with Crippen LogP contribution in [0.2, 0.25) is 0 Å². The zero-order valence-electron chi connectivity index (χ0n) is 10.1. The van der Waals surface area contributed by atoms with Crippen molar-refractivity contribution in [3.8, 4) is 0 Å². The quantitative estimate of drug-likeness (QED) is 0.635. The van der Waals surface area contributed by atoms with Crippen LogP contribution in [0.15, 0.2) is 34.7 Å². The van der Waals surface area contributed by atoms with Gasteiger partial charge in [-0.25, -0.2) is 4.98 Å². The number of aryl methyl sites for hydroxylation is 2. The molecule has 1 N–H and O–H groups in total. The molecule has 1 aromatic carbocycles. The summed E-state index contributed by atoms with van der Waals surface area (Å²) in [6, 6.07) is 10.0. The summed E-state index contributed by atoms with van der Waals surface area (Å²) in [6.45, 7) is 4.82. The second-order valence-electron chi connectivity index (χ2n) is 3.83. The van der Waals surface area contributed by atoms with Gasteiger partial charge in [0.15, 0.2) is 5.89 Å². The first-order valence-electron chi connectivity index (χ1n) is 5.57. The highest BCUT2D eigenvalue weighted by molar-refractivity contribution is 5.13. The monoisotopic (exact) mass is 232 g/mol. The third-order valence-corrected chi connectivity index (χ3v) is 2.42. The summed E-state index contributed by atoms with van der Waals surface area (Å²) >= 11 is 0. The Labute approximate surface area is 101 Å². The molecule has 0 saturated carbocycles. The summed E-state index contributed by atoms with van der Waals surface area (Å²) in [6.07, 6.45) is 0. The zero-order valence-corrected chi connectivity index (χ0v) is 10.1. The normalized spacial score (nSPS) is 10.7. The molecule has 0 bridgehead atoms. The molecule has 4 heteroatoms. The molecule has 0 aliphatic carbocycles. The zero-order chi connectivity index (χ0) is 12.1. The fraction of sp³-hybridized carbons (Fsp3) is 0.308. The van der Waals surface area contributed by atoms with Crippen molar-refractivity contribution in [2.45, 2.75) is 27.0 Å². The third-order valence-electron chi connectivity index (χ3n) is 2.42. The summed E-state index contributed by atoms with van der Waals surface area (Å²) in [5.41, 5.74) is 4.90. The second-order valence-corrected chi connectivity index (χ2v) is 3.83. The van der Waals surface area contributed by atoms with E-state index < -0.39 is 0 Å². The van der Waals surface area contributed by atoms with Crippen molar-refractivity contribution >= 4 is 0 Å². The molecular formula is C13H16N2O2. The molecule has 0 unspecified atom stereocenters. The summed E-state index contributed by atoms with van der Waals surface area (Å²) in [5, 5.41) is 0. The Kier molecular flexibility index (Phi) is 3.90. The SMILES string of the molecule is Cc1nc(CNOCc2ccccc2)c(C)o1. The number of benzene rings is 1. The fourth-order valence-electron chi connectivity index (χ4n) is 1.56. The van der Waals surface area contributed by atoms with E-state index in [1.165, 1.54) is 0 Å². The minimum absolute atomic E-state index is 0.538. The number of nitrogens with zero attached hydrogens (tertiary/aromatic N) is 1.